The Labute approximate surface area is 157 Å². The molecule has 0 saturated carbocycles. The summed E-state index contributed by atoms with van der Waals surface area (Å²) in [7, 11) is 0.438. The number of methoxy groups -OCH3 is 1. The summed E-state index contributed by atoms with van der Waals surface area (Å²) in [4.78, 5) is 11.3. The first-order valence-electron chi connectivity index (χ1n) is 8.73. The third-order valence-corrected chi connectivity index (χ3v) is 5.38. The smallest absolute Gasteiger partial charge is 0.305 e. The number of hydrogen-bond acceptors (Lipinski definition) is 6. The SMILES string of the molecule is COC(=O)CC(C)COc1cc(N)ccc1OC1CCN(S(C)=O)CC1. The van der Waals surface area contributed by atoms with Crippen molar-refractivity contribution < 1.29 is 23.2 Å². The van der Waals surface area contributed by atoms with Crippen molar-refractivity contribution in [2.45, 2.75) is 32.3 Å². The van der Waals surface area contributed by atoms with Gasteiger partial charge in [-0.3, -0.25) is 4.79 Å². The van der Waals surface area contributed by atoms with Crippen LogP contribution in [0, 0.1) is 5.92 Å². The van der Waals surface area contributed by atoms with Gasteiger partial charge in [-0.2, -0.15) is 0 Å². The van der Waals surface area contributed by atoms with Crippen molar-refractivity contribution in [3.05, 3.63) is 18.2 Å². The van der Waals surface area contributed by atoms with Gasteiger partial charge >= 0.3 is 5.97 Å². The molecule has 1 aromatic rings. The summed E-state index contributed by atoms with van der Waals surface area (Å²) < 4.78 is 30.1. The first kappa shape index (κ1) is 20.5. The van der Waals surface area contributed by atoms with Gasteiger partial charge in [-0.15, -0.1) is 0 Å². The molecule has 7 nitrogen and oxygen atoms in total. The van der Waals surface area contributed by atoms with Crippen molar-refractivity contribution >= 4 is 22.6 Å². The topological polar surface area (TPSA) is 91.1 Å². The van der Waals surface area contributed by atoms with Gasteiger partial charge in [0, 0.05) is 37.0 Å². The number of rotatable bonds is 8. The van der Waals surface area contributed by atoms with Gasteiger partial charge in [-0.05, 0) is 25.0 Å². The number of nitrogens with zero attached hydrogens (tertiary/aromatic N) is 1. The van der Waals surface area contributed by atoms with Crippen LogP contribution in [0.4, 0.5) is 5.69 Å². The summed E-state index contributed by atoms with van der Waals surface area (Å²) in [6, 6.07) is 5.31. The van der Waals surface area contributed by atoms with Crippen LogP contribution in [0.5, 0.6) is 11.5 Å². The third-order valence-electron chi connectivity index (χ3n) is 4.29. The number of carbonyl (C=O) groups excluding carboxylic acids is 1. The molecule has 0 bridgehead atoms. The van der Waals surface area contributed by atoms with Crippen LogP contribution in [0.2, 0.25) is 0 Å². The number of anilines is 1. The van der Waals surface area contributed by atoms with Gasteiger partial charge in [0.25, 0.3) is 0 Å². The van der Waals surface area contributed by atoms with Gasteiger partial charge in [-0.1, -0.05) is 6.92 Å². The minimum Gasteiger partial charge on any atom is -0.489 e. The van der Waals surface area contributed by atoms with E-state index in [1.807, 2.05) is 11.2 Å². The van der Waals surface area contributed by atoms with Crippen LogP contribution in [-0.4, -0.2) is 53.6 Å². The lowest BCUT2D eigenvalue weighted by atomic mass is 10.1. The van der Waals surface area contributed by atoms with Crippen molar-refractivity contribution in [2.75, 3.05) is 38.8 Å². The van der Waals surface area contributed by atoms with Crippen LogP contribution in [0.1, 0.15) is 26.2 Å². The highest BCUT2D eigenvalue weighted by atomic mass is 32.2. The maximum Gasteiger partial charge on any atom is 0.305 e. The molecule has 0 aromatic heterocycles. The quantitative estimate of drug-likeness (QED) is 0.544. The molecule has 1 fully saturated rings. The third kappa shape index (κ3) is 6.17. The number of ether oxygens (including phenoxy) is 3. The summed E-state index contributed by atoms with van der Waals surface area (Å²) in [5.74, 6) is 0.966. The number of carbonyl (C=O) groups is 1. The Bertz CT molecular complexity index is 632. The molecule has 1 aromatic carbocycles. The molecule has 1 aliphatic heterocycles. The molecule has 1 saturated heterocycles. The average Bonchev–Trinajstić information content (AvgIpc) is 2.62. The molecule has 0 amide bonds. The fourth-order valence-electron chi connectivity index (χ4n) is 2.78. The molecule has 146 valence electrons. The van der Waals surface area contributed by atoms with E-state index in [0.29, 0.717) is 30.2 Å². The highest BCUT2D eigenvalue weighted by Gasteiger charge is 2.23. The second-order valence-corrected chi connectivity index (χ2v) is 7.94. The second kappa shape index (κ2) is 9.78. The van der Waals surface area contributed by atoms with Crippen molar-refractivity contribution in [1.29, 1.82) is 0 Å². The van der Waals surface area contributed by atoms with Gasteiger partial charge in [-0.25, -0.2) is 8.51 Å². The highest BCUT2D eigenvalue weighted by molar-refractivity contribution is 7.81. The second-order valence-electron chi connectivity index (χ2n) is 6.57. The van der Waals surface area contributed by atoms with Gasteiger partial charge in [0.1, 0.15) is 6.10 Å². The Morgan fingerprint density at radius 2 is 2.04 bits per heavy atom. The van der Waals surface area contributed by atoms with Crippen molar-refractivity contribution in [3.8, 4) is 11.5 Å². The van der Waals surface area contributed by atoms with Crippen LogP contribution in [0.25, 0.3) is 0 Å². The molecule has 1 heterocycles. The summed E-state index contributed by atoms with van der Waals surface area (Å²) >= 11 is 0. The zero-order chi connectivity index (χ0) is 19.1. The van der Waals surface area contributed by atoms with E-state index in [2.05, 4.69) is 4.74 Å². The van der Waals surface area contributed by atoms with Crippen LogP contribution in [0.3, 0.4) is 0 Å². The molecular formula is C18H28N2O5S. The van der Waals surface area contributed by atoms with Crippen LogP contribution in [-0.2, 0) is 20.5 Å². The predicted octanol–water partition coefficient (Wildman–Crippen LogP) is 1.98. The zero-order valence-corrected chi connectivity index (χ0v) is 16.4. The van der Waals surface area contributed by atoms with Crippen molar-refractivity contribution in [1.82, 2.24) is 4.31 Å². The number of nitrogen functional groups attached to an aromatic ring is 1. The minimum atomic E-state index is -0.936. The number of piperidine rings is 1. The Morgan fingerprint density at radius 1 is 1.35 bits per heavy atom. The van der Waals surface area contributed by atoms with E-state index >= 15 is 0 Å². The summed E-state index contributed by atoms with van der Waals surface area (Å²) in [5, 5.41) is 0. The van der Waals surface area contributed by atoms with Crippen molar-refractivity contribution in [3.63, 3.8) is 0 Å². The molecule has 2 atom stereocenters. The van der Waals surface area contributed by atoms with Gasteiger partial charge < -0.3 is 19.9 Å². The lowest BCUT2D eigenvalue weighted by molar-refractivity contribution is -0.141. The van der Waals surface area contributed by atoms with Crippen LogP contribution in [0.15, 0.2) is 18.2 Å². The molecular weight excluding hydrogens is 356 g/mol. The zero-order valence-electron chi connectivity index (χ0n) is 15.6. The van der Waals surface area contributed by atoms with Crippen LogP contribution < -0.4 is 15.2 Å². The van der Waals surface area contributed by atoms with E-state index in [-0.39, 0.29) is 18.0 Å². The van der Waals surface area contributed by atoms with E-state index in [9.17, 15) is 9.00 Å². The lowest BCUT2D eigenvalue weighted by Crippen LogP contribution is -2.38. The van der Waals surface area contributed by atoms with E-state index in [0.717, 1.165) is 25.9 Å². The van der Waals surface area contributed by atoms with Crippen molar-refractivity contribution in [2.24, 2.45) is 5.92 Å². The van der Waals surface area contributed by atoms with E-state index < -0.39 is 11.0 Å². The van der Waals surface area contributed by atoms with Gasteiger partial charge in [0.15, 0.2) is 11.5 Å². The first-order chi connectivity index (χ1) is 12.4. The maximum atomic E-state index is 11.5. The minimum absolute atomic E-state index is 0.0134. The molecule has 0 radical (unpaired) electrons. The molecule has 0 spiro atoms. The standard InChI is InChI=1S/C18H28N2O5S/c1-13(10-18(21)23-2)12-24-17-11-14(19)4-5-16(17)25-15-6-8-20(9-7-15)26(3)22/h4-5,11,13,15H,6-10,12,19H2,1-3H3. The number of hydrogen-bond donors (Lipinski definition) is 1. The van der Waals surface area contributed by atoms with E-state index in [4.69, 9.17) is 15.2 Å². The molecule has 8 heteroatoms. The largest absolute Gasteiger partial charge is 0.489 e. The molecule has 2 N–H and O–H groups in total. The average molecular weight is 384 g/mol. The molecule has 2 rings (SSSR count). The first-order valence-corrected chi connectivity index (χ1v) is 10.2. The monoisotopic (exact) mass is 384 g/mol. The molecule has 2 unspecified atom stereocenters. The molecule has 1 aliphatic rings. The Kier molecular flexibility index (Phi) is 7.71. The number of benzene rings is 1. The Morgan fingerprint density at radius 3 is 2.65 bits per heavy atom. The number of nitrogens with two attached hydrogens (primary N) is 1. The lowest BCUT2D eigenvalue weighted by Gasteiger charge is -2.30. The number of esters is 1. The summed E-state index contributed by atoms with van der Waals surface area (Å²) in [6.07, 6.45) is 3.65. The Hall–Kier alpha value is -1.80. The van der Waals surface area contributed by atoms with E-state index in [1.165, 1.54) is 7.11 Å². The normalized spacial score (nSPS) is 18.1. The fourth-order valence-corrected chi connectivity index (χ4v) is 3.51. The summed E-state index contributed by atoms with van der Waals surface area (Å²) in [5.41, 5.74) is 6.46. The van der Waals surface area contributed by atoms with Crippen LogP contribution >= 0.6 is 0 Å². The Balaban J connectivity index is 1.94. The maximum absolute atomic E-state index is 11.5. The fraction of sp³-hybridized carbons (Fsp3) is 0.611. The highest BCUT2D eigenvalue weighted by Crippen LogP contribution is 2.32. The molecule has 0 aliphatic carbocycles. The van der Waals surface area contributed by atoms with Gasteiger partial charge in [0.2, 0.25) is 0 Å². The molecule has 26 heavy (non-hydrogen) atoms. The van der Waals surface area contributed by atoms with Gasteiger partial charge in [0.05, 0.1) is 31.1 Å². The predicted molar refractivity (Wildman–Crippen MR) is 101 cm³/mol. The summed E-state index contributed by atoms with van der Waals surface area (Å²) in [6.45, 7) is 3.77. The van der Waals surface area contributed by atoms with E-state index in [1.54, 1.807) is 24.5 Å².